The summed E-state index contributed by atoms with van der Waals surface area (Å²) >= 11 is 0. The summed E-state index contributed by atoms with van der Waals surface area (Å²) in [5.74, 6) is 0. The molecule has 4 unspecified atom stereocenters. The molecule has 0 aromatic heterocycles. The summed E-state index contributed by atoms with van der Waals surface area (Å²) in [6, 6.07) is 0.553. The molecule has 0 aromatic rings. The number of ether oxygens (including phenoxy) is 2. The zero-order valence-electron chi connectivity index (χ0n) is 11.4. The van der Waals surface area contributed by atoms with Crippen LogP contribution in [0.1, 0.15) is 52.4 Å². The van der Waals surface area contributed by atoms with Crippen LogP contribution in [-0.2, 0) is 9.47 Å². The highest BCUT2D eigenvalue weighted by Crippen LogP contribution is 2.27. The summed E-state index contributed by atoms with van der Waals surface area (Å²) in [5, 5.41) is 3.41. The smallest absolute Gasteiger partial charge is 0.0731 e. The van der Waals surface area contributed by atoms with Gasteiger partial charge >= 0.3 is 0 Å². The minimum absolute atomic E-state index is 0.348. The molecule has 0 bridgehead atoms. The molecule has 1 aliphatic heterocycles. The maximum atomic E-state index is 6.33. The molecule has 0 amide bonds. The predicted molar refractivity (Wildman–Crippen MR) is 69.2 cm³/mol. The molecule has 3 nitrogen and oxygen atoms in total. The quantitative estimate of drug-likeness (QED) is 0.823. The summed E-state index contributed by atoms with van der Waals surface area (Å²) in [4.78, 5) is 0. The van der Waals surface area contributed by atoms with Gasteiger partial charge in [0.1, 0.15) is 0 Å². The largest absolute Gasteiger partial charge is 0.375 e. The summed E-state index contributed by atoms with van der Waals surface area (Å²) in [7, 11) is 2.06. The summed E-state index contributed by atoms with van der Waals surface area (Å²) in [6.07, 6.45) is 8.74. The Morgan fingerprint density at radius 3 is 2.35 bits per heavy atom. The maximum Gasteiger partial charge on any atom is 0.0731 e. The third-order valence-electron chi connectivity index (χ3n) is 4.09. The Kier molecular flexibility index (Phi) is 4.83. The van der Waals surface area contributed by atoms with Crippen LogP contribution in [0.5, 0.6) is 0 Å². The van der Waals surface area contributed by atoms with Gasteiger partial charge in [-0.05, 0) is 46.6 Å². The van der Waals surface area contributed by atoms with Gasteiger partial charge in [0.25, 0.3) is 0 Å². The maximum absolute atomic E-state index is 6.33. The molecule has 17 heavy (non-hydrogen) atoms. The number of likely N-dealkylation sites (N-methyl/N-ethyl adjacent to an activating group) is 1. The lowest BCUT2D eigenvalue weighted by Gasteiger charge is -2.38. The van der Waals surface area contributed by atoms with Crippen molar-refractivity contribution in [2.45, 2.75) is 82.8 Å². The number of nitrogens with one attached hydrogen (secondary N) is 1. The van der Waals surface area contributed by atoms with Crippen LogP contribution in [0.2, 0.25) is 0 Å². The molecule has 1 heterocycles. The van der Waals surface area contributed by atoms with E-state index >= 15 is 0 Å². The lowest BCUT2D eigenvalue weighted by atomic mass is 9.92. The highest BCUT2D eigenvalue weighted by atomic mass is 16.5. The minimum Gasteiger partial charge on any atom is -0.375 e. The number of hydrogen-bond donors (Lipinski definition) is 1. The van der Waals surface area contributed by atoms with Crippen molar-refractivity contribution in [3.05, 3.63) is 0 Å². The van der Waals surface area contributed by atoms with E-state index in [4.69, 9.17) is 9.47 Å². The van der Waals surface area contributed by atoms with Crippen molar-refractivity contribution in [2.24, 2.45) is 0 Å². The highest BCUT2D eigenvalue weighted by Gasteiger charge is 2.31. The highest BCUT2D eigenvalue weighted by molar-refractivity contribution is 4.83. The zero-order chi connectivity index (χ0) is 12.3. The molecule has 100 valence electrons. The Balaban J connectivity index is 1.85. The van der Waals surface area contributed by atoms with Crippen molar-refractivity contribution in [3.8, 4) is 0 Å². The average molecular weight is 241 g/mol. The van der Waals surface area contributed by atoms with Crippen LogP contribution in [0.4, 0.5) is 0 Å². The first kappa shape index (κ1) is 13.3. The van der Waals surface area contributed by atoms with Crippen molar-refractivity contribution in [3.63, 3.8) is 0 Å². The van der Waals surface area contributed by atoms with Crippen LogP contribution in [0.15, 0.2) is 0 Å². The van der Waals surface area contributed by atoms with Gasteiger partial charge in [0.05, 0.1) is 24.4 Å². The molecular weight excluding hydrogens is 214 g/mol. The van der Waals surface area contributed by atoms with E-state index in [0.717, 1.165) is 12.8 Å². The summed E-state index contributed by atoms with van der Waals surface area (Å²) < 4.78 is 12.1. The fourth-order valence-corrected chi connectivity index (χ4v) is 3.29. The van der Waals surface area contributed by atoms with Gasteiger partial charge in [-0.1, -0.05) is 12.8 Å². The Hall–Kier alpha value is -0.120. The molecule has 0 aromatic carbocycles. The van der Waals surface area contributed by atoms with E-state index in [0.29, 0.717) is 30.5 Å². The molecule has 3 heteroatoms. The molecule has 1 aliphatic carbocycles. The normalized spacial score (nSPS) is 43.6. The van der Waals surface area contributed by atoms with E-state index in [-0.39, 0.29) is 0 Å². The van der Waals surface area contributed by atoms with E-state index < -0.39 is 0 Å². The fourth-order valence-electron chi connectivity index (χ4n) is 3.29. The van der Waals surface area contributed by atoms with Crippen molar-refractivity contribution in [2.75, 3.05) is 7.05 Å². The molecule has 1 N–H and O–H groups in total. The van der Waals surface area contributed by atoms with E-state index in [1.807, 2.05) is 0 Å². The summed E-state index contributed by atoms with van der Waals surface area (Å²) in [6.45, 7) is 4.31. The standard InChI is InChI=1S/C14H27NO2/c1-10-8-12(9-11(2)16-10)17-14-7-5-4-6-13(14)15-3/h10-15H,4-9H2,1-3H3. The third-order valence-corrected chi connectivity index (χ3v) is 4.09. The first-order valence-electron chi connectivity index (χ1n) is 7.17. The monoisotopic (exact) mass is 241 g/mol. The molecule has 1 saturated carbocycles. The van der Waals surface area contributed by atoms with Gasteiger partial charge in [-0.15, -0.1) is 0 Å². The predicted octanol–water partition coefficient (Wildman–Crippen LogP) is 2.49. The van der Waals surface area contributed by atoms with Crippen LogP contribution in [0.3, 0.4) is 0 Å². The second-order valence-corrected chi connectivity index (χ2v) is 5.70. The fraction of sp³-hybridized carbons (Fsp3) is 1.00. The second-order valence-electron chi connectivity index (χ2n) is 5.70. The third kappa shape index (κ3) is 3.67. The van der Waals surface area contributed by atoms with E-state index in [1.54, 1.807) is 0 Å². The molecule has 1 saturated heterocycles. The molecular formula is C14H27NO2. The first-order chi connectivity index (χ1) is 8.19. The molecule has 2 fully saturated rings. The van der Waals surface area contributed by atoms with Gasteiger partial charge in [-0.25, -0.2) is 0 Å². The summed E-state index contributed by atoms with van der Waals surface area (Å²) in [5.41, 5.74) is 0. The second kappa shape index (κ2) is 6.17. The molecule has 2 aliphatic rings. The van der Waals surface area contributed by atoms with Crippen LogP contribution < -0.4 is 5.32 Å². The van der Waals surface area contributed by atoms with Crippen LogP contribution in [0, 0.1) is 0 Å². The number of hydrogen-bond acceptors (Lipinski definition) is 3. The van der Waals surface area contributed by atoms with Gasteiger partial charge in [0.2, 0.25) is 0 Å². The molecule has 0 radical (unpaired) electrons. The van der Waals surface area contributed by atoms with Gasteiger partial charge in [-0.3, -0.25) is 0 Å². The SMILES string of the molecule is CNC1CCCCC1OC1CC(C)OC(C)C1. The van der Waals surface area contributed by atoms with Crippen molar-refractivity contribution >= 4 is 0 Å². The van der Waals surface area contributed by atoms with Gasteiger partial charge < -0.3 is 14.8 Å². The topological polar surface area (TPSA) is 30.5 Å². The van der Waals surface area contributed by atoms with E-state index in [2.05, 4.69) is 26.2 Å². The lowest BCUT2D eigenvalue weighted by Crippen LogP contribution is -2.45. The van der Waals surface area contributed by atoms with Gasteiger partial charge in [0, 0.05) is 6.04 Å². The van der Waals surface area contributed by atoms with E-state index in [1.165, 1.54) is 25.7 Å². The Bertz CT molecular complexity index is 224. The molecule has 4 atom stereocenters. The van der Waals surface area contributed by atoms with Crippen molar-refractivity contribution in [1.29, 1.82) is 0 Å². The minimum atomic E-state index is 0.348. The molecule has 2 rings (SSSR count). The zero-order valence-corrected chi connectivity index (χ0v) is 11.4. The Labute approximate surface area is 105 Å². The van der Waals surface area contributed by atoms with Crippen LogP contribution >= 0.6 is 0 Å². The Morgan fingerprint density at radius 1 is 1.06 bits per heavy atom. The van der Waals surface area contributed by atoms with E-state index in [9.17, 15) is 0 Å². The lowest BCUT2D eigenvalue weighted by molar-refractivity contribution is -0.131. The van der Waals surface area contributed by atoms with Crippen LogP contribution in [-0.4, -0.2) is 37.5 Å². The first-order valence-corrected chi connectivity index (χ1v) is 7.17. The Morgan fingerprint density at radius 2 is 1.71 bits per heavy atom. The number of rotatable bonds is 3. The van der Waals surface area contributed by atoms with Gasteiger partial charge in [-0.2, -0.15) is 0 Å². The van der Waals surface area contributed by atoms with Crippen LogP contribution in [0.25, 0.3) is 0 Å². The van der Waals surface area contributed by atoms with Crippen molar-refractivity contribution < 1.29 is 9.47 Å². The molecule has 0 spiro atoms. The van der Waals surface area contributed by atoms with Crippen molar-refractivity contribution in [1.82, 2.24) is 5.32 Å². The average Bonchev–Trinajstić information content (AvgIpc) is 2.28. The van der Waals surface area contributed by atoms with Gasteiger partial charge in [0.15, 0.2) is 0 Å².